The van der Waals surface area contributed by atoms with Crippen LogP contribution in [-0.4, -0.2) is 40.3 Å². The maximum atomic E-state index is 12.8. The summed E-state index contributed by atoms with van der Waals surface area (Å²) in [7, 11) is -7.92. The molecule has 30 heavy (non-hydrogen) atoms. The zero-order valence-electron chi connectivity index (χ0n) is 16.9. The number of benzene rings is 1. The second-order valence-corrected chi connectivity index (χ2v) is 11.8. The number of hydrogen-bond donors (Lipinski definition) is 5. The summed E-state index contributed by atoms with van der Waals surface area (Å²) < 4.78 is 42.8. The smallest absolute Gasteiger partial charge is 0.346 e. The van der Waals surface area contributed by atoms with E-state index in [-0.39, 0.29) is 33.5 Å². The van der Waals surface area contributed by atoms with Crippen LogP contribution in [0, 0.1) is 5.41 Å². The Balaban J connectivity index is 1.99. The highest BCUT2D eigenvalue weighted by atomic mass is 32.2. The lowest BCUT2D eigenvalue weighted by molar-refractivity contribution is 0.333. The van der Waals surface area contributed by atoms with Crippen molar-refractivity contribution in [2.45, 2.75) is 33.7 Å². The quantitative estimate of drug-likeness (QED) is 0.423. The molecule has 0 saturated heterocycles. The molecule has 0 bridgehead atoms. The number of anilines is 2. The fourth-order valence-electron chi connectivity index (χ4n) is 2.90. The van der Waals surface area contributed by atoms with Gasteiger partial charge in [-0.1, -0.05) is 20.8 Å². The molecule has 2 heterocycles. The van der Waals surface area contributed by atoms with Gasteiger partial charge in [-0.05, 0) is 30.0 Å². The fourth-order valence-corrected chi connectivity index (χ4v) is 4.73. The fraction of sp³-hybridized carbons (Fsp3) is 0.412. The number of nitrogens with zero attached hydrogens (tertiary/aromatic N) is 2. The van der Waals surface area contributed by atoms with E-state index in [1.165, 1.54) is 22.9 Å². The molecule has 1 aromatic carbocycles. The predicted octanol–water partition coefficient (Wildman–Crippen LogP) is 1.37. The van der Waals surface area contributed by atoms with Gasteiger partial charge in [-0.25, -0.2) is 13.1 Å². The maximum absolute atomic E-state index is 12.8. The molecule has 1 aliphatic heterocycles. The molecule has 0 amide bonds. The molecule has 1 aromatic heterocycles. The lowest BCUT2D eigenvalue weighted by Crippen LogP contribution is -2.30. The van der Waals surface area contributed by atoms with Gasteiger partial charge < -0.3 is 15.3 Å². The second kappa shape index (κ2) is 7.29. The molecule has 0 saturated carbocycles. The first-order valence-electron chi connectivity index (χ1n) is 9.01. The normalized spacial score (nSPS) is 19.0. The van der Waals surface area contributed by atoms with Gasteiger partial charge in [-0.15, -0.1) is 0 Å². The number of H-pyrrole nitrogens is 1. The minimum Gasteiger partial charge on any atom is -0.493 e. The lowest BCUT2D eigenvalue weighted by atomic mass is 9.92. The molecular weight excluding hydrogens is 433 g/mol. The molecule has 0 spiro atoms. The van der Waals surface area contributed by atoms with Crippen LogP contribution in [0.2, 0.25) is 0 Å². The van der Waals surface area contributed by atoms with Gasteiger partial charge in [-0.2, -0.15) is 4.76 Å². The van der Waals surface area contributed by atoms with Crippen molar-refractivity contribution in [3.8, 4) is 5.88 Å². The Morgan fingerprint density at radius 1 is 1.30 bits per heavy atom. The Morgan fingerprint density at radius 3 is 2.57 bits per heavy atom. The Hall–Kier alpha value is -2.56. The van der Waals surface area contributed by atoms with Gasteiger partial charge in [-0.3, -0.25) is 19.2 Å². The van der Waals surface area contributed by atoms with Crippen LogP contribution in [0.1, 0.15) is 32.8 Å². The molecule has 0 fully saturated rings. The third-order valence-corrected chi connectivity index (χ3v) is 6.44. The van der Waals surface area contributed by atoms with E-state index < -0.39 is 29.0 Å². The molecule has 1 atom stereocenters. The van der Waals surface area contributed by atoms with Gasteiger partial charge in [0.25, 0.3) is 5.56 Å². The lowest BCUT2D eigenvalue weighted by Gasteiger charge is -2.22. The maximum Gasteiger partial charge on any atom is 0.346 e. The highest BCUT2D eigenvalue weighted by Gasteiger charge is 2.33. The first-order valence-corrected chi connectivity index (χ1v) is 12.5. The van der Waals surface area contributed by atoms with E-state index in [0.717, 1.165) is 6.26 Å². The number of hydrogen-bond acceptors (Lipinski definition) is 6. The van der Waals surface area contributed by atoms with Crippen LogP contribution in [0.5, 0.6) is 5.88 Å². The van der Waals surface area contributed by atoms with Crippen molar-refractivity contribution < 1.29 is 23.0 Å². The van der Waals surface area contributed by atoms with E-state index in [0.29, 0.717) is 13.0 Å². The Morgan fingerprint density at radius 2 is 1.97 bits per heavy atom. The van der Waals surface area contributed by atoms with Crippen molar-refractivity contribution in [3.63, 3.8) is 0 Å². The van der Waals surface area contributed by atoms with Crippen molar-refractivity contribution in [2.24, 2.45) is 10.2 Å². The second-order valence-electron chi connectivity index (χ2n) is 8.33. The van der Waals surface area contributed by atoms with Crippen molar-refractivity contribution in [1.82, 2.24) is 9.78 Å². The summed E-state index contributed by atoms with van der Waals surface area (Å²) in [6, 6.07) is 3.99. The van der Waals surface area contributed by atoms with E-state index in [2.05, 4.69) is 19.9 Å². The van der Waals surface area contributed by atoms with Crippen LogP contribution < -0.4 is 20.9 Å². The van der Waals surface area contributed by atoms with E-state index in [9.17, 15) is 27.8 Å². The van der Waals surface area contributed by atoms with Crippen LogP contribution in [-0.2, 0) is 21.1 Å². The number of aromatic hydroxyl groups is 1. The number of aryl methyl sites for hydroxylation is 1. The average molecular weight is 457 g/mol. The van der Waals surface area contributed by atoms with Gasteiger partial charge in [0.2, 0.25) is 15.9 Å². The number of fused-ring (bicyclic) bond motifs is 1. The molecule has 3 rings (SSSR count). The Kier molecular flexibility index (Phi) is 5.38. The third kappa shape index (κ3) is 4.77. The molecule has 1 unspecified atom stereocenters. The molecule has 0 aliphatic carbocycles. The number of rotatable bonds is 5. The average Bonchev–Trinajstić information content (AvgIpc) is 2.85. The van der Waals surface area contributed by atoms with Crippen LogP contribution in [0.15, 0.2) is 27.8 Å². The number of nitrogens with one attached hydrogen (secondary N) is 3. The number of aromatic nitrogens is 2. The molecule has 0 radical (unpaired) electrons. The van der Waals surface area contributed by atoms with E-state index in [1.54, 1.807) is 0 Å². The molecule has 5 N–H and O–H groups in total. The topological polar surface area (TPSA) is 166 Å². The minimum absolute atomic E-state index is 0.0433. The van der Waals surface area contributed by atoms with Gasteiger partial charge >= 0.3 is 7.52 Å². The molecular formula is C17H24N5O6PS. The molecule has 1 aliphatic rings. The van der Waals surface area contributed by atoms with Gasteiger partial charge in [0, 0.05) is 12.2 Å². The highest BCUT2D eigenvalue weighted by molar-refractivity contribution is 7.92. The van der Waals surface area contributed by atoms with Crippen molar-refractivity contribution in [2.75, 3.05) is 16.3 Å². The van der Waals surface area contributed by atoms with E-state index in [1.807, 2.05) is 20.8 Å². The first kappa shape index (κ1) is 22.1. The van der Waals surface area contributed by atoms with Crippen molar-refractivity contribution in [1.29, 1.82) is 0 Å². The van der Waals surface area contributed by atoms with Crippen LogP contribution in [0.25, 0.3) is 0 Å². The summed E-state index contributed by atoms with van der Waals surface area (Å²) >= 11 is 0. The summed E-state index contributed by atoms with van der Waals surface area (Å²) in [6.45, 7) is 6.36. The van der Waals surface area contributed by atoms with E-state index >= 15 is 0 Å². The van der Waals surface area contributed by atoms with Gasteiger partial charge in [0.15, 0.2) is 5.84 Å². The standard InChI is InChI=1S/C17H24N5O6PS/c1-17(2,3)7-8-22-16(24)13(15(23)19-22)14-18-11-6-5-10(21-30(4,27)28)9-12(11)29(25,26)20-14/h5-6,9,19,21,23H,7-8H2,1-4H3,(H2,18,20,25,26). The SMILES string of the molecule is CC(C)(C)CCn1[nH]c(O)c(C2=NP(=O)(O)c3cc(NS(C)(=O)=O)ccc3N2)c1=O. The highest BCUT2D eigenvalue weighted by Crippen LogP contribution is 2.47. The molecule has 164 valence electrons. The molecule has 13 heteroatoms. The zero-order valence-corrected chi connectivity index (χ0v) is 18.6. The van der Waals surface area contributed by atoms with Crippen molar-refractivity contribution in [3.05, 3.63) is 34.1 Å². The van der Waals surface area contributed by atoms with Crippen molar-refractivity contribution >= 4 is 40.1 Å². The monoisotopic (exact) mass is 457 g/mol. The zero-order chi connectivity index (χ0) is 22.5. The summed E-state index contributed by atoms with van der Waals surface area (Å²) in [5.41, 5.74) is -0.603. The largest absolute Gasteiger partial charge is 0.493 e. The number of aromatic amines is 1. The summed E-state index contributed by atoms with van der Waals surface area (Å²) in [4.78, 5) is 23.2. The van der Waals surface area contributed by atoms with Gasteiger partial charge in [0.1, 0.15) is 5.56 Å². The number of sulfonamides is 1. The van der Waals surface area contributed by atoms with Crippen LogP contribution in [0.4, 0.5) is 11.4 Å². The van der Waals surface area contributed by atoms with Gasteiger partial charge in [0.05, 0.1) is 17.2 Å². The first-order chi connectivity index (χ1) is 13.7. The predicted molar refractivity (Wildman–Crippen MR) is 115 cm³/mol. The summed E-state index contributed by atoms with van der Waals surface area (Å²) in [5, 5.41) is 15.4. The number of amidine groups is 1. The summed E-state index contributed by atoms with van der Waals surface area (Å²) in [6.07, 6.45) is 1.61. The molecule has 11 nitrogen and oxygen atoms in total. The molecule has 2 aromatic rings. The van der Waals surface area contributed by atoms with E-state index in [4.69, 9.17) is 0 Å². The Labute approximate surface area is 173 Å². The van der Waals surface area contributed by atoms with Crippen LogP contribution >= 0.6 is 7.52 Å². The third-order valence-electron chi connectivity index (χ3n) is 4.36. The van der Waals surface area contributed by atoms with Crippen LogP contribution in [0.3, 0.4) is 0 Å². The Bertz CT molecular complexity index is 1240. The summed E-state index contributed by atoms with van der Waals surface area (Å²) in [5.74, 6) is -0.718. The minimum atomic E-state index is -4.35.